The van der Waals surface area contributed by atoms with E-state index < -0.39 is 36.9 Å². The van der Waals surface area contributed by atoms with Gasteiger partial charge in [0.05, 0.1) is 18.8 Å². The summed E-state index contributed by atoms with van der Waals surface area (Å²) in [6, 6.07) is -0.979. The lowest BCUT2D eigenvalue weighted by Crippen LogP contribution is -2.53. The van der Waals surface area contributed by atoms with Gasteiger partial charge in [0.15, 0.2) is 0 Å². The highest BCUT2D eigenvalue weighted by Crippen LogP contribution is 2.18. The van der Waals surface area contributed by atoms with Crippen LogP contribution in [0, 0.1) is 0 Å². The van der Waals surface area contributed by atoms with E-state index in [-0.39, 0.29) is 0 Å². The number of carbonyl (C=O) groups excluding carboxylic acids is 1. The topological polar surface area (TPSA) is 110 Å². The second kappa shape index (κ2) is 47.4. The van der Waals surface area contributed by atoms with Crippen molar-refractivity contribution in [2.45, 2.75) is 321 Å². The molecule has 0 aromatic carbocycles. The molecule has 6 heteroatoms. The second-order valence-corrected chi connectivity index (χ2v) is 18.6. The predicted molar refractivity (Wildman–Crippen MR) is 252 cm³/mol. The molecule has 4 unspecified atom stereocenters. The molecule has 0 aliphatic carbocycles. The van der Waals surface area contributed by atoms with Crippen molar-refractivity contribution in [2.75, 3.05) is 6.61 Å². The molecule has 0 rings (SSSR count). The van der Waals surface area contributed by atoms with Crippen LogP contribution < -0.4 is 5.32 Å². The first-order chi connectivity index (χ1) is 28.5. The van der Waals surface area contributed by atoms with Gasteiger partial charge in [0, 0.05) is 0 Å². The Morgan fingerprint density at radius 3 is 0.828 bits per heavy atom. The Labute approximate surface area is 362 Å². The monoisotopic (exact) mass is 824 g/mol. The van der Waals surface area contributed by atoms with Gasteiger partial charge < -0.3 is 25.7 Å². The van der Waals surface area contributed by atoms with Crippen molar-refractivity contribution in [3.63, 3.8) is 0 Å². The third kappa shape index (κ3) is 40.7. The van der Waals surface area contributed by atoms with Crippen LogP contribution in [0.3, 0.4) is 0 Å². The highest BCUT2D eigenvalue weighted by atomic mass is 16.3. The minimum Gasteiger partial charge on any atom is -0.394 e. The van der Waals surface area contributed by atoms with Gasteiger partial charge in [-0.1, -0.05) is 284 Å². The molecule has 0 saturated heterocycles. The Balaban J connectivity index is 3.51. The molecular formula is C52H105NO5. The van der Waals surface area contributed by atoms with Gasteiger partial charge in [0.1, 0.15) is 12.2 Å². The van der Waals surface area contributed by atoms with Gasteiger partial charge in [-0.05, 0) is 12.8 Å². The molecule has 6 nitrogen and oxygen atoms in total. The predicted octanol–water partition coefficient (Wildman–Crippen LogP) is 14.8. The van der Waals surface area contributed by atoms with Gasteiger partial charge in [-0.25, -0.2) is 0 Å². The normalized spacial score (nSPS) is 13.8. The van der Waals surface area contributed by atoms with Crippen molar-refractivity contribution in [1.82, 2.24) is 5.32 Å². The minimum atomic E-state index is -1.25. The van der Waals surface area contributed by atoms with Crippen molar-refractivity contribution < 1.29 is 25.2 Å². The Bertz CT molecular complexity index is 796. The lowest BCUT2D eigenvalue weighted by atomic mass is 9.99. The summed E-state index contributed by atoms with van der Waals surface area (Å²) in [6.07, 6.45) is 53.2. The van der Waals surface area contributed by atoms with Crippen molar-refractivity contribution >= 4 is 5.91 Å². The van der Waals surface area contributed by atoms with Crippen LogP contribution in [0.4, 0.5) is 0 Å². The van der Waals surface area contributed by atoms with Gasteiger partial charge in [-0.15, -0.1) is 0 Å². The summed E-state index contributed by atoms with van der Waals surface area (Å²) in [5, 5.41) is 43.8. The molecule has 0 aromatic heterocycles. The molecule has 58 heavy (non-hydrogen) atoms. The fourth-order valence-electron chi connectivity index (χ4n) is 8.64. The zero-order valence-electron chi connectivity index (χ0n) is 39.3. The van der Waals surface area contributed by atoms with Crippen LogP contribution in [0.2, 0.25) is 0 Å². The number of amides is 1. The standard InChI is InChI=1S/C52H105NO5/c1-3-5-7-9-11-13-15-16-17-18-19-20-21-22-23-24-25-26-27-28-29-30-31-32-33-34-36-37-39-41-43-45-49(55)51(57)48(47-54)53-52(58)50(56)46-44-42-40-38-35-14-12-10-8-6-4-2/h48-51,54-57H,3-47H2,1-2H3,(H,53,58). The molecular weight excluding hydrogens is 719 g/mol. The van der Waals surface area contributed by atoms with E-state index in [0.29, 0.717) is 12.8 Å². The molecule has 0 saturated carbocycles. The van der Waals surface area contributed by atoms with E-state index in [1.165, 1.54) is 231 Å². The average Bonchev–Trinajstić information content (AvgIpc) is 3.23. The van der Waals surface area contributed by atoms with E-state index in [0.717, 1.165) is 38.5 Å². The molecule has 0 aliphatic heterocycles. The van der Waals surface area contributed by atoms with E-state index in [1.54, 1.807) is 0 Å². The molecule has 0 radical (unpaired) electrons. The molecule has 0 aliphatic rings. The maximum absolute atomic E-state index is 12.5. The summed E-state index contributed by atoms with van der Waals surface area (Å²) in [4.78, 5) is 12.5. The number of hydrogen-bond donors (Lipinski definition) is 5. The van der Waals surface area contributed by atoms with Crippen molar-refractivity contribution in [3.05, 3.63) is 0 Å². The van der Waals surface area contributed by atoms with E-state index in [4.69, 9.17) is 0 Å². The van der Waals surface area contributed by atoms with Gasteiger partial charge >= 0.3 is 0 Å². The number of aliphatic hydroxyl groups excluding tert-OH is 4. The Morgan fingerprint density at radius 1 is 0.362 bits per heavy atom. The number of rotatable bonds is 49. The first-order valence-corrected chi connectivity index (χ1v) is 26.4. The van der Waals surface area contributed by atoms with Crippen LogP contribution >= 0.6 is 0 Å². The number of carbonyl (C=O) groups is 1. The number of aliphatic hydroxyl groups is 4. The summed E-state index contributed by atoms with van der Waals surface area (Å²) in [5.41, 5.74) is 0. The Hall–Kier alpha value is -0.690. The van der Waals surface area contributed by atoms with Gasteiger partial charge in [-0.2, -0.15) is 0 Å². The average molecular weight is 824 g/mol. The molecule has 0 spiro atoms. The van der Waals surface area contributed by atoms with Crippen LogP contribution in [0.15, 0.2) is 0 Å². The smallest absolute Gasteiger partial charge is 0.249 e. The van der Waals surface area contributed by atoms with E-state index in [9.17, 15) is 25.2 Å². The van der Waals surface area contributed by atoms with Crippen LogP contribution in [-0.2, 0) is 4.79 Å². The van der Waals surface area contributed by atoms with Gasteiger partial charge in [0.25, 0.3) is 0 Å². The summed E-state index contributed by atoms with van der Waals surface area (Å²) in [5.74, 6) is -0.580. The molecule has 348 valence electrons. The van der Waals surface area contributed by atoms with E-state index in [1.807, 2.05) is 0 Å². The highest BCUT2D eigenvalue weighted by molar-refractivity contribution is 5.80. The van der Waals surface area contributed by atoms with Crippen LogP contribution in [0.1, 0.15) is 296 Å². The number of hydrogen-bond acceptors (Lipinski definition) is 5. The fourth-order valence-corrected chi connectivity index (χ4v) is 8.64. The number of nitrogens with one attached hydrogen (secondary N) is 1. The summed E-state index contributed by atoms with van der Waals surface area (Å²) >= 11 is 0. The van der Waals surface area contributed by atoms with Gasteiger partial charge in [0.2, 0.25) is 5.91 Å². The van der Waals surface area contributed by atoms with Crippen LogP contribution in [0.25, 0.3) is 0 Å². The third-order valence-corrected chi connectivity index (χ3v) is 12.8. The van der Waals surface area contributed by atoms with Crippen molar-refractivity contribution in [2.24, 2.45) is 0 Å². The quantitative estimate of drug-likeness (QED) is 0.0393. The van der Waals surface area contributed by atoms with Gasteiger partial charge in [-0.3, -0.25) is 4.79 Å². The molecule has 4 atom stereocenters. The van der Waals surface area contributed by atoms with Crippen LogP contribution in [-0.4, -0.2) is 57.3 Å². The summed E-state index contributed by atoms with van der Waals surface area (Å²) < 4.78 is 0. The lowest BCUT2D eigenvalue weighted by molar-refractivity contribution is -0.132. The van der Waals surface area contributed by atoms with E-state index >= 15 is 0 Å². The molecule has 1 amide bonds. The molecule has 5 N–H and O–H groups in total. The largest absolute Gasteiger partial charge is 0.394 e. The van der Waals surface area contributed by atoms with Crippen molar-refractivity contribution in [1.29, 1.82) is 0 Å². The maximum atomic E-state index is 12.5. The maximum Gasteiger partial charge on any atom is 0.249 e. The first-order valence-electron chi connectivity index (χ1n) is 26.4. The SMILES string of the molecule is CCCCCCCCCCCCCCCCCCCCCCCCCCCCCCCCCC(O)C(O)C(CO)NC(=O)C(O)CCCCCCCCCCCCC. The van der Waals surface area contributed by atoms with E-state index in [2.05, 4.69) is 19.2 Å². The van der Waals surface area contributed by atoms with Crippen molar-refractivity contribution in [3.8, 4) is 0 Å². The molecule has 0 aromatic rings. The number of unbranched alkanes of at least 4 members (excludes halogenated alkanes) is 40. The lowest BCUT2D eigenvalue weighted by Gasteiger charge is -2.27. The molecule has 0 fully saturated rings. The highest BCUT2D eigenvalue weighted by Gasteiger charge is 2.28. The second-order valence-electron chi connectivity index (χ2n) is 18.6. The minimum absolute atomic E-state index is 0.374. The Morgan fingerprint density at radius 2 is 0.586 bits per heavy atom. The zero-order valence-corrected chi connectivity index (χ0v) is 39.3. The Kier molecular flexibility index (Phi) is 46.8. The third-order valence-electron chi connectivity index (χ3n) is 12.8. The summed E-state index contributed by atoms with van der Waals surface area (Å²) in [6.45, 7) is 4.06. The van der Waals surface area contributed by atoms with Crippen LogP contribution in [0.5, 0.6) is 0 Å². The zero-order chi connectivity index (χ0) is 42.4. The summed E-state index contributed by atoms with van der Waals surface area (Å²) in [7, 11) is 0. The first kappa shape index (κ1) is 57.3. The molecule has 0 bridgehead atoms. The molecule has 0 heterocycles. The fraction of sp³-hybridized carbons (Fsp3) is 0.981.